The van der Waals surface area contributed by atoms with Crippen molar-refractivity contribution in [3.05, 3.63) is 35.9 Å². The first-order valence-electron chi connectivity index (χ1n) is 6.84. The monoisotopic (exact) mass is 283 g/mol. The van der Waals surface area contributed by atoms with Crippen LogP contribution in [0.5, 0.6) is 0 Å². The molecule has 0 aliphatic rings. The van der Waals surface area contributed by atoms with Crippen LogP contribution >= 0.6 is 0 Å². The summed E-state index contributed by atoms with van der Waals surface area (Å²) >= 11 is 0. The summed E-state index contributed by atoms with van der Waals surface area (Å²) in [5.41, 5.74) is 1.28. The number of hydrogen-bond donors (Lipinski definition) is 1. The lowest BCUT2D eigenvalue weighted by molar-refractivity contribution is 0.503. The summed E-state index contributed by atoms with van der Waals surface area (Å²) in [7, 11) is -2.85. The SMILES string of the molecule is CC(C)NCC(CCCS(C)(=O)=O)c1ccccc1. The minimum Gasteiger partial charge on any atom is -0.314 e. The molecule has 1 unspecified atom stereocenters. The highest BCUT2D eigenvalue weighted by atomic mass is 32.2. The van der Waals surface area contributed by atoms with Crippen LogP contribution in [0.3, 0.4) is 0 Å². The summed E-state index contributed by atoms with van der Waals surface area (Å²) in [6.07, 6.45) is 2.92. The molecule has 1 rings (SSSR count). The fourth-order valence-corrected chi connectivity index (χ4v) is 2.77. The molecule has 0 amide bonds. The third kappa shape index (κ3) is 7.33. The zero-order chi connectivity index (χ0) is 14.3. The standard InChI is InChI=1S/C15H25NO2S/c1-13(2)16-12-15(10-7-11-19(3,17)18)14-8-5-4-6-9-14/h4-6,8-9,13,15-16H,7,10-12H2,1-3H3. The van der Waals surface area contributed by atoms with E-state index in [9.17, 15) is 8.42 Å². The minimum atomic E-state index is -2.85. The van der Waals surface area contributed by atoms with Crippen LogP contribution < -0.4 is 5.32 Å². The Balaban J connectivity index is 2.60. The highest BCUT2D eigenvalue weighted by molar-refractivity contribution is 7.90. The maximum Gasteiger partial charge on any atom is 0.147 e. The molecule has 0 aliphatic carbocycles. The summed E-state index contributed by atoms with van der Waals surface area (Å²) in [6.45, 7) is 5.14. The van der Waals surface area contributed by atoms with Crippen molar-refractivity contribution in [2.75, 3.05) is 18.6 Å². The van der Waals surface area contributed by atoms with Crippen LogP contribution in [0.4, 0.5) is 0 Å². The molecule has 1 atom stereocenters. The van der Waals surface area contributed by atoms with Gasteiger partial charge in [0.1, 0.15) is 9.84 Å². The van der Waals surface area contributed by atoms with Crippen LogP contribution in [0.1, 0.15) is 38.2 Å². The molecule has 0 radical (unpaired) electrons. The number of rotatable bonds is 8. The molecule has 1 aromatic carbocycles. The third-order valence-corrected chi connectivity index (χ3v) is 4.14. The second kappa shape index (κ2) is 7.65. The summed E-state index contributed by atoms with van der Waals surface area (Å²) < 4.78 is 22.4. The fourth-order valence-electron chi connectivity index (χ4n) is 2.08. The van der Waals surface area contributed by atoms with Gasteiger partial charge in [-0.15, -0.1) is 0 Å². The van der Waals surface area contributed by atoms with E-state index < -0.39 is 9.84 Å². The van der Waals surface area contributed by atoms with Crippen LogP contribution in [0.15, 0.2) is 30.3 Å². The molecule has 0 spiro atoms. The highest BCUT2D eigenvalue weighted by Gasteiger charge is 2.13. The lowest BCUT2D eigenvalue weighted by Gasteiger charge is -2.19. The van der Waals surface area contributed by atoms with E-state index in [4.69, 9.17) is 0 Å². The van der Waals surface area contributed by atoms with Gasteiger partial charge in [-0.1, -0.05) is 44.2 Å². The van der Waals surface area contributed by atoms with Crippen molar-refractivity contribution < 1.29 is 8.42 Å². The van der Waals surface area contributed by atoms with E-state index >= 15 is 0 Å². The smallest absolute Gasteiger partial charge is 0.147 e. The summed E-state index contributed by atoms with van der Waals surface area (Å²) in [5, 5.41) is 3.44. The van der Waals surface area contributed by atoms with Gasteiger partial charge in [-0.05, 0) is 24.3 Å². The molecule has 0 bridgehead atoms. The quantitative estimate of drug-likeness (QED) is 0.797. The zero-order valence-corrected chi connectivity index (χ0v) is 12.9. The largest absolute Gasteiger partial charge is 0.314 e. The molecule has 0 saturated heterocycles. The Morgan fingerprint density at radius 1 is 1.16 bits per heavy atom. The number of sulfone groups is 1. The molecule has 3 nitrogen and oxygen atoms in total. The summed E-state index contributed by atoms with van der Waals surface area (Å²) in [4.78, 5) is 0. The molecular weight excluding hydrogens is 258 g/mol. The van der Waals surface area contributed by atoms with Crippen LogP contribution in [0.2, 0.25) is 0 Å². The molecule has 0 saturated carbocycles. The van der Waals surface area contributed by atoms with E-state index in [2.05, 4.69) is 31.3 Å². The first-order valence-corrected chi connectivity index (χ1v) is 8.90. The maximum absolute atomic E-state index is 11.2. The van der Waals surface area contributed by atoms with Crippen molar-refractivity contribution in [1.82, 2.24) is 5.32 Å². The van der Waals surface area contributed by atoms with Crippen molar-refractivity contribution in [3.8, 4) is 0 Å². The van der Waals surface area contributed by atoms with Crippen molar-refractivity contribution in [2.45, 2.75) is 38.6 Å². The summed E-state index contributed by atoms with van der Waals surface area (Å²) in [6, 6.07) is 10.8. The van der Waals surface area contributed by atoms with Gasteiger partial charge < -0.3 is 5.32 Å². The Morgan fingerprint density at radius 3 is 2.32 bits per heavy atom. The van der Waals surface area contributed by atoms with Crippen molar-refractivity contribution >= 4 is 9.84 Å². The predicted molar refractivity (Wildman–Crippen MR) is 81.3 cm³/mol. The zero-order valence-electron chi connectivity index (χ0n) is 12.1. The van der Waals surface area contributed by atoms with Gasteiger partial charge in [0.05, 0.1) is 0 Å². The molecule has 0 fully saturated rings. The van der Waals surface area contributed by atoms with Gasteiger partial charge in [-0.25, -0.2) is 8.42 Å². The van der Waals surface area contributed by atoms with E-state index in [0.717, 1.165) is 19.4 Å². The average Bonchev–Trinajstić information content (AvgIpc) is 2.33. The fraction of sp³-hybridized carbons (Fsp3) is 0.600. The van der Waals surface area contributed by atoms with Crippen molar-refractivity contribution in [3.63, 3.8) is 0 Å². The molecule has 4 heteroatoms. The van der Waals surface area contributed by atoms with Crippen LogP contribution in [-0.2, 0) is 9.84 Å². The summed E-state index contributed by atoms with van der Waals surface area (Å²) in [5.74, 6) is 0.656. The Kier molecular flexibility index (Phi) is 6.52. The van der Waals surface area contributed by atoms with Crippen molar-refractivity contribution in [1.29, 1.82) is 0 Å². The molecule has 0 heterocycles. The highest BCUT2D eigenvalue weighted by Crippen LogP contribution is 2.20. The van der Waals surface area contributed by atoms with Gasteiger partial charge in [0.2, 0.25) is 0 Å². The van der Waals surface area contributed by atoms with E-state index in [0.29, 0.717) is 12.0 Å². The normalized spacial score (nSPS) is 13.7. The minimum absolute atomic E-state index is 0.276. The van der Waals surface area contributed by atoms with Gasteiger partial charge in [0.25, 0.3) is 0 Å². The topological polar surface area (TPSA) is 46.2 Å². The van der Waals surface area contributed by atoms with Crippen LogP contribution in [0.25, 0.3) is 0 Å². The van der Waals surface area contributed by atoms with Gasteiger partial charge in [0.15, 0.2) is 0 Å². The van der Waals surface area contributed by atoms with Crippen LogP contribution in [0, 0.1) is 0 Å². The molecule has 0 aliphatic heterocycles. The second-order valence-corrected chi connectivity index (χ2v) is 7.70. The van der Waals surface area contributed by atoms with E-state index in [1.807, 2.05) is 18.2 Å². The molecular formula is C15H25NO2S. The van der Waals surface area contributed by atoms with E-state index in [-0.39, 0.29) is 5.75 Å². The van der Waals surface area contributed by atoms with E-state index in [1.54, 1.807) is 0 Å². The van der Waals surface area contributed by atoms with Gasteiger partial charge in [-0.2, -0.15) is 0 Å². The Labute approximate surface area is 117 Å². The van der Waals surface area contributed by atoms with E-state index in [1.165, 1.54) is 11.8 Å². The molecule has 1 aromatic rings. The van der Waals surface area contributed by atoms with Gasteiger partial charge >= 0.3 is 0 Å². The molecule has 108 valence electrons. The van der Waals surface area contributed by atoms with Crippen LogP contribution in [-0.4, -0.2) is 33.0 Å². The molecule has 1 N–H and O–H groups in total. The Morgan fingerprint density at radius 2 is 1.79 bits per heavy atom. The number of nitrogens with one attached hydrogen (secondary N) is 1. The first-order chi connectivity index (χ1) is 8.88. The number of benzene rings is 1. The van der Waals surface area contributed by atoms with Gasteiger partial charge in [-0.3, -0.25) is 0 Å². The lowest BCUT2D eigenvalue weighted by Crippen LogP contribution is -2.28. The second-order valence-electron chi connectivity index (χ2n) is 5.44. The third-order valence-electron chi connectivity index (χ3n) is 3.11. The first kappa shape index (κ1) is 16.2. The Hall–Kier alpha value is -0.870. The van der Waals surface area contributed by atoms with Crippen molar-refractivity contribution in [2.24, 2.45) is 0 Å². The maximum atomic E-state index is 11.2. The molecule has 0 aromatic heterocycles. The predicted octanol–water partition coefficient (Wildman–Crippen LogP) is 2.59. The molecule has 19 heavy (non-hydrogen) atoms. The average molecular weight is 283 g/mol. The van der Waals surface area contributed by atoms with Gasteiger partial charge in [0, 0.05) is 24.6 Å². The Bertz CT molecular complexity index is 454. The lowest BCUT2D eigenvalue weighted by atomic mass is 9.94. The number of hydrogen-bond acceptors (Lipinski definition) is 3.